The molecule has 5 rings (SSSR count). The van der Waals surface area contributed by atoms with E-state index in [-0.39, 0.29) is 44.6 Å². The first-order valence-electron chi connectivity index (χ1n) is 21.9. The molecule has 6 N–H and O–H groups in total. The molecule has 3 heterocycles. The number of hydrogen-bond donors (Lipinski definition) is 5. The van der Waals surface area contributed by atoms with Crippen molar-refractivity contribution in [1.29, 1.82) is 0 Å². The third kappa shape index (κ3) is 12.3. The summed E-state index contributed by atoms with van der Waals surface area (Å²) in [5, 5.41) is 11.9. The summed E-state index contributed by atoms with van der Waals surface area (Å²) >= 11 is 0. The molecule has 7 amide bonds. The first-order valence-corrected chi connectivity index (χ1v) is 21.9. The lowest BCUT2D eigenvalue weighted by Gasteiger charge is -2.37. The average molecular weight is 857 g/mol. The number of carbonyl (C=O) groups is 7. The number of para-hydroxylation sites is 1. The molecule has 16 nitrogen and oxygen atoms in total. The van der Waals surface area contributed by atoms with Gasteiger partial charge in [0.2, 0.25) is 29.5 Å². The number of unbranched alkanes of at least 4 members (excludes halogenated alkanes) is 1. The van der Waals surface area contributed by atoms with E-state index in [1.807, 2.05) is 63.2 Å². The number of H-pyrrole nitrogens is 1. The Balaban J connectivity index is 1.39. The fourth-order valence-corrected chi connectivity index (χ4v) is 7.98. The van der Waals surface area contributed by atoms with Crippen LogP contribution in [0.5, 0.6) is 0 Å². The molecule has 336 valence electrons. The molecule has 2 saturated heterocycles. The molecule has 16 heteroatoms. The van der Waals surface area contributed by atoms with Crippen LogP contribution in [0.3, 0.4) is 0 Å². The summed E-state index contributed by atoms with van der Waals surface area (Å²) in [6.07, 6.45) is 4.61. The highest BCUT2D eigenvalue weighted by Gasteiger charge is 2.43. The van der Waals surface area contributed by atoms with Crippen LogP contribution in [0, 0.1) is 5.92 Å². The quantitative estimate of drug-likeness (QED) is 0.117. The number of ether oxygens (including phenoxy) is 1. The van der Waals surface area contributed by atoms with E-state index in [2.05, 4.69) is 20.9 Å². The third-order valence-electron chi connectivity index (χ3n) is 11.2. The first-order chi connectivity index (χ1) is 29.5. The Hall–Kier alpha value is -5.93. The number of nitrogens with one attached hydrogen (secondary N) is 4. The number of rotatable bonds is 19. The van der Waals surface area contributed by atoms with Crippen LogP contribution in [-0.4, -0.2) is 110 Å². The monoisotopic (exact) mass is 856 g/mol. The number of hydrogen-bond acceptors (Lipinski definition) is 8. The maximum atomic E-state index is 14.5. The van der Waals surface area contributed by atoms with Crippen molar-refractivity contribution in [1.82, 2.24) is 35.9 Å². The van der Waals surface area contributed by atoms with Crippen molar-refractivity contribution in [2.75, 3.05) is 13.1 Å². The number of nitrogens with two attached hydrogens (primary N) is 1. The van der Waals surface area contributed by atoms with Gasteiger partial charge >= 0.3 is 6.09 Å². The van der Waals surface area contributed by atoms with Crippen molar-refractivity contribution < 1.29 is 38.3 Å². The van der Waals surface area contributed by atoms with Crippen molar-refractivity contribution in [2.45, 2.75) is 142 Å². The van der Waals surface area contributed by atoms with Gasteiger partial charge in [0.05, 0.1) is 0 Å². The summed E-state index contributed by atoms with van der Waals surface area (Å²) in [4.78, 5) is 101. The highest BCUT2D eigenvalue weighted by atomic mass is 16.6. The van der Waals surface area contributed by atoms with Crippen LogP contribution in [0.25, 0.3) is 10.9 Å². The van der Waals surface area contributed by atoms with Gasteiger partial charge in [-0.15, -0.1) is 0 Å². The zero-order valence-corrected chi connectivity index (χ0v) is 36.9. The maximum Gasteiger partial charge on any atom is 0.410 e. The zero-order chi connectivity index (χ0) is 45.1. The standard InChI is InChI=1S/C46H64N8O8/c1-7-8-19-37(40(47)56)54(39(55)22-21-29(2)3)53-25-23-34(44(53)60)49-41(57)35(26-30-15-10-9-11-16-30)50-42(58)36(27-31-28-48-33-18-13-12-17-32(31)33)51-43(59)38-20-14-24-52(38)45(61)62-46(4,5)6/h9-13,15-18,28-29,34-38,48H,7-8,14,19-27H2,1-6H3,(H2,47,56)(H,49,57)(H,50,58)(H,51,59)/t34-,35-,36-,37?,38-/m1/s1. The van der Waals surface area contributed by atoms with Crippen molar-refractivity contribution >= 4 is 52.4 Å². The Morgan fingerprint density at radius 2 is 1.60 bits per heavy atom. The zero-order valence-electron chi connectivity index (χ0n) is 36.9. The lowest BCUT2D eigenvalue weighted by Crippen LogP contribution is -2.60. The Labute approximate surface area is 364 Å². The van der Waals surface area contributed by atoms with Gasteiger partial charge in [0, 0.05) is 49.5 Å². The summed E-state index contributed by atoms with van der Waals surface area (Å²) in [7, 11) is 0. The minimum Gasteiger partial charge on any atom is -0.444 e. The Morgan fingerprint density at radius 3 is 2.27 bits per heavy atom. The van der Waals surface area contributed by atoms with Gasteiger partial charge in [-0.05, 0) is 76.0 Å². The largest absolute Gasteiger partial charge is 0.444 e. The Morgan fingerprint density at radius 1 is 0.903 bits per heavy atom. The summed E-state index contributed by atoms with van der Waals surface area (Å²) in [5.41, 5.74) is 7.36. The molecule has 62 heavy (non-hydrogen) atoms. The van der Waals surface area contributed by atoms with Gasteiger partial charge in [0.1, 0.15) is 35.8 Å². The SMILES string of the molecule is CCCCC(C(N)=O)N(C(=O)CCC(C)C)N1CC[C@@H](NC(=O)[C@@H](Cc2ccccc2)NC(=O)[C@@H](Cc2c[nH]c3ccccc23)NC(=O)[C@H]2CCCN2C(=O)OC(C)(C)C)C1=O. The highest BCUT2D eigenvalue weighted by molar-refractivity contribution is 5.97. The third-order valence-corrected chi connectivity index (χ3v) is 11.2. The van der Waals surface area contributed by atoms with Crippen molar-refractivity contribution in [2.24, 2.45) is 11.7 Å². The maximum absolute atomic E-state index is 14.5. The number of fused-ring (bicyclic) bond motifs is 1. The lowest BCUT2D eigenvalue weighted by molar-refractivity contribution is -0.169. The van der Waals surface area contributed by atoms with Crippen LogP contribution in [0.15, 0.2) is 60.8 Å². The van der Waals surface area contributed by atoms with Crippen LogP contribution < -0.4 is 21.7 Å². The normalized spacial score (nSPS) is 18.0. The van der Waals surface area contributed by atoms with Crippen molar-refractivity contribution in [3.63, 3.8) is 0 Å². The van der Waals surface area contributed by atoms with Gasteiger partial charge in [-0.25, -0.2) is 14.8 Å². The van der Waals surface area contributed by atoms with E-state index in [1.165, 1.54) is 14.9 Å². The number of aromatic nitrogens is 1. The molecule has 2 aliphatic heterocycles. The van der Waals surface area contributed by atoms with E-state index in [0.717, 1.165) is 28.5 Å². The molecule has 0 aliphatic carbocycles. The second kappa shape index (κ2) is 21.2. The minimum atomic E-state index is -1.20. The Bertz CT molecular complexity index is 2060. The number of nitrogens with zero attached hydrogens (tertiary/aromatic N) is 3. The number of aromatic amines is 1. The van der Waals surface area contributed by atoms with Crippen molar-refractivity contribution in [3.8, 4) is 0 Å². The van der Waals surface area contributed by atoms with Crippen LogP contribution in [0.4, 0.5) is 4.79 Å². The Kier molecular flexibility index (Phi) is 16.1. The molecule has 0 spiro atoms. The average Bonchev–Trinajstić information content (AvgIpc) is 3.97. The number of primary amides is 1. The van der Waals surface area contributed by atoms with E-state index >= 15 is 0 Å². The fourth-order valence-electron chi connectivity index (χ4n) is 7.98. The first kappa shape index (κ1) is 47.1. The number of hydrazine groups is 1. The topological polar surface area (TPSA) is 216 Å². The van der Waals surface area contributed by atoms with Gasteiger partial charge in [-0.1, -0.05) is 82.1 Å². The number of carbonyl (C=O) groups excluding carboxylic acids is 7. The molecule has 0 radical (unpaired) electrons. The molecule has 0 bridgehead atoms. The van der Waals surface area contributed by atoms with Gasteiger partial charge < -0.3 is 31.4 Å². The lowest BCUT2D eigenvalue weighted by atomic mass is 10.0. The minimum absolute atomic E-state index is 0.0480. The van der Waals surface area contributed by atoms with Gasteiger partial charge in [-0.3, -0.25) is 33.7 Å². The van der Waals surface area contributed by atoms with Gasteiger partial charge in [0.15, 0.2) is 0 Å². The second-order valence-corrected chi connectivity index (χ2v) is 17.7. The summed E-state index contributed by atoms with van der Waals surface area (Å²) < 4.78 is 5.59. The summed E-state index contributed by atoms with van der Waals surface area (Å²) in [5.74, 6) is -3.32. The molecular weight excluding hydrogens is 793 g/mol. The second-order valence-electron chi connectivity index (χ2n) is 17.7. The molecule has 1 unspecified atom stereocenters. The van der Waals surface area contributed by atoms with E-state index in [4.69, 9.17) is 10.5 Å². The van der Waals surface area contributed by atoms with Crippen LogP contribution >= 0.6 is 0 Å². The number of amides is 7. The van der Waals surface area contributed by atoms with Gasteiger partial charge in [-0.2, -0.15) is 0 Å². The smallest absolute Gasteiger partial charge is 0.410 e. The van der Waals surface area contributed by atoms with E-state index in [9.17, 15) is 33.6 Å². The molecule has 5 atom stereocenters. The van der Waals surface area contributed by atoms with E-state index in [1.54, 1.807) is 39.1 Å². The van der Waals surface area contributed by atoms with Crippen LogP contribution in [-0.2, 0) is 46.3 Å². The predicted molar refractivity (Wildman–Crippen MR) is 234 cm³/mol. The highest BCUT2D eigenvalue weighted by Crippen LogP contribution is 2.25. The van der Waals surface area contributed by atoms with Crippen molar-refractivity contribution in [3.05, 3.63) is 71.9 Å². The number of likely N-dealkylation sites (tertiary alicyclic amines) is 1. The predicted octanol–water partition coefficient (Wildman–Crippen LogP) is 4.26. The van der Waals surface area contributed by atoms with E-state index < -0.39 is 77.3 Å². The number of benzene rings is 2. The fraction of sp³-hybridized carbons (Fsp3) is 0.543. The van der Waals surface area contributed by atoms with E-state index in [0.29, 0.717) is 32.2 Å². The molecule has 1 aromatic heterocycles. The molecule has 2 aromatic carbocycles. The van der Waals surface area contributed by atoms with Gasteiger partial charge in [0.25, 0.3) is 5.91 Å². The molecule has 2 aliphatic rings. The van der Waals surface area contributed by atoms with Crippen LogP contribution in [0.1, 0.15) is 104 Å². The summed E-state index contributed by atoms with van der Waals surface area (Å²) in [6, 6.07) is 11.2. The molecular formula is C46H64N8O8. The van der Waals surface area contributed by atoms with Crippen LogP contribution in [0.2, 0.25) is 0 Å². The molecule has 2 fully saturated rings. The molecule has 0 saturated carbocycles. The summed E-state index contributed by atoms with van der Waals surface area (Å²) in [6.45, 7) is 11.5. The molecule has 3 aromatic rings.